The largest absolute Gasteiger partial charge is 0.396 e. The van der Waals surface area contributed by atoms with E-state index in [9.17, 15) is 5.11 Å². The summed E-state index contributed by atoms with van der Waals surface area (Å²) in [7, 11) is 0. The second kappa shape index (κ2) is 2.48. The van der Waals surface area contributed by atoms with Crippen molar-refractivity contribution in [2.45, 2.75) is 39.2 Å². The van der Waals surface area contributed by atoms with Gasteiger partial charge in [0.25, 0.3) is 0 Å². The second-order valence-electron chi connectivity index (χ2n) is 5.79. The Bertz CT molecular complexity index is 222. The molecule has 13 heavy (non-hydrogen) atoms. The van der Waals surface area contributed by atoms with Crippen molar-refractivity contribution < 1.29 is 5.11 Å². The third kappa shape index (κ3) is 1.02. The highest BCUT2D eigenvalue weighted by molar-refractivity contribution is 5.13. The maximum atomic E-state index is 9.26. The average Bonchev–Trinajstić information content (AvgIpc) is 2.01. The Balaban J connectivity index is 2.23. The zero-order chi connectivity index (χ0) is 9.85. The molecule has 3 aliphatic rings. The molecular formula is C11H21NO. The Morgan fingerprint density at radius 3 is 2.31 bits per heavy atom. The number of hydrogen-bond donors (Lipinski definition) is 2. The van der Waals surface area contributed by atoms with E-state index in [4.69, 9.17) is 5.73 Å². The predicted octanol–water partition coefficient (Wildman–Crippen LogP) is 1.38. The van der Waals surface area contributed by atoms with Crippen LogP contribution in [-0.2, 0) is 0 Å². The van der Waals surface area contributed by atoms with Crippen LogP contribution in [-0.4, -0.2) is 17.3 Å². The molecule has 76 valence electrons. The molecule has 0 saturated heterocycles. The van der Waals surface area contributed by atoms with Gasteiger partial charge in [0.15, 0.2) is 0 Å². The van der Waals surface area contributed by atoms with Crippen LogP contribution in [0.3, 0.4) is 0 Å². The van der Waals surface area contributed by atoms with Gasteiger partial charge in [-0.25, -0.2) is 0 Å². The van der Waals surface area contributed by atoms with Gasteiger partial charge in [0.2, 0.25) is 0 Å². The third-order valence-electron chi connectivity index (χ3n) is 4.89. The number of hydrogen-bond acceptors (Lipinski definition) is 2. The van der Waals surface area contributed by atoms with E-state index < -0.39 is 0 Å². The zero-order valence-corrected chi connectivity index (χ0v) is 8.88. The van der Waals surface area contributed by atoms with E-state index in [0.717, 1.165) is 12.3 Å². The molecule has 0 radical (unpaired) electrons. The molecule has 0 amide bonds. The summed E-state index contributed by atoms with van der Waals surface area (Å²) in [5.41, 5.74) is 6.60. The molecule has 3 aliphatic carbocycles. The summed E-state index contributed by atoms with van der Waals surface area (Å²) >= 11 is 0. The minimum Gasteiger partial charge on any atom is -0.396 e. The van der Waals surface area contributed by atoms with Gasteiger partial charge in [-0.2, -0.15) is 0 Å². The molecule has 4 unspecified atom stereocenters. The summed E-state index contributed by atoms with van der Waals surface area (Å²) in [5, 5.41) is 9.26. The molecule has 0 aromatic carbocycles. The maximum absolute atomic E-state index is 9.26. The van der Waals surface area contributed by atoms with Gasteiger partial charge in [-0.3, -0.25) is 0 Å². The molecule has 2 nitrogen and oxygen atoms in total. The first-order valence-electron chi connectivity index (χ1n) is 5.30. The Morgan fingerprint density at radius 2 is 1.92 bits per heavy atom. The van der Waals surface area contributed by atoms with Gasteiger partial charge < -0.3 is 10.8 Å². The Labute approximate surface area is 80.5 Å². The molecular weight excluding hydrogens is 162 g/mol. The SMILES string of the molecule is CC1(C)C2CC(CO)C(C)(N)C1C2. The smallest absolute Gasteiger partial charge is 0.0476 e. The van der Waals surface area contributed by atoms with Gasteiger partial charge in [-0.15, -0.1) is 0 Å². The molecule has 3 rings (SSSR count). The van der Waals surface area contributed by atoms with Crippen molar-refractivity contribution in [2.24, 2.45) is 28.9 Å². The number of rotatable bonds is 1. The highest BCUT2D eigenvalue weighted by Crippen LogP contribution is 2.63. The van der Waals surface area contributed by atoms with E-state index in [2.05, 4.69) is 20.8 Å². The molecule has 3 N–H and O–H groups in total. The standard InChI is InChI=1S/C11H21NO/c1-10(2)7-4-8(6-13)11(3,12)9(10)5-7/h7-9,13H,4-6,12H2,1-3H3. The van der Waals surface area contributed by atoms with Crippen LogP contribution in [0.4, 0.5) is 0 Å². The van der Waals surface area contributed by atoms with Crippen LogP contribution in [0.25, 0.3) is 0 Å². The van der Waals surface area contributed by atoms with Crippen LogP contribution in [0.1, 0.15) is 33.6 Å². The summed E-state index contributed by atoms with van der Waals surface area (Å²) in [4.78, 5) is 0. The maximum Gasteiger partial charge on any atom is 0.0476 e. The highest BCUT2D eigenvalue weighted by Gasteiger charge is 2.61. The number of aliphatic hydroxyl groups excluding tert-OH is 1. The Hall–Kier alpha value is -0.0800. The molecule has 0 aliphatic heterocycles. The third-order valence-corrected chi connectivity index (χ3v) is 4.89. The normalized spacial score (nSPS) is 52.8. The average molecular weight is 183 g/mol. The fraction of sp³-hybridized carbons (Fsp3) is 1.00. The minimum absolute atomic E-state index is 0.146. The quantitative estimate of drug-likeness (QED) is 0.645. The summed E-state index contributed by atoms with van der Waals surface area (Å²) in [6.45, 7) is 7.03. The molecule has 4 atom stereocenters. The topological polar surface area (TPSA) is 46.2 Å². The number of fused-ring (bicyclic) bond motifs is 2. The predicted molar refractivity (Wildman–Crippen MR) is 53.2 cm³/mol. The van der Waals surface area contributed by atoms with E-state index in [1.54, 1.807) is 0 Å². The van der Waals surface area contributed by atoms with Crippen molar-refractivity contribution in [2.75, 3.05) is 6.61 Å². The van der Waals surface area contributed by atoms with E-state index in [-0.39, 0.29) is 12.1 Å². The summed E-state index contributed by atoms with van der Waals surface area (Å²) < 4.78 is 0. The van der Waals surface area contributed by atoms with Crippen LogP contribution in [0.2, 0.25) is 0 Å². The van der Waals surface area contributed by atoms with Crippen LogP contribution in [0.5, 0.6) is 0 Å². The van der Waals surface area contributed by atoms with Gasteiger partial charge in [-0.05, 0) is 37.0 Å². The lowest BCUT2D eigenvalue weighted by atomic mass is 9.41. The van der Waals surface area contributed by atoms with Gasteiger partial charge >= 0.3 is 0 Å². The van der Waals surface area contributed by atoms with Crippen molar-refractivity contribution in [1.29, 1.82) is 0 Å². The Kier molecular flexibility index (Phi) is 1.81. The molecule has 2 bridgehead atoms. The molecule has 0 aromatic heterocycles. The first-order chi connectivity index (χ1) is 5.90. The summed E-state index contributed by atoms with van der Waals surface area (Å²) in [6, 6.07) is 0. The number of nitrogens with two attached hydrogens (primary N) is 1. The molecule has 0 aromatic rings. The van der Waals surface area contributed by atoms with E-state index in [1.165, 1.54) is 6.42 Å². The Morgan fingerprint density at radius 1 is 1.31 bits per heavy atom. The zero-order valence-electron chi connectivity index (χ0n) is 8.88. The summed E-state index contributed by atoms with van der Waals surface area (Å²) in [5.74, 6) is 1.73. The molecule has 3 fully saturated rings. The summed E-state index contributed by atoms with van der Waals surface area (Å²) in [6.07, 6.45) is 2.39. The van der Waals surface area contributed by atoms with Crippen LogP contribution >= 0.6 is 0 Å². The molecule has 3 saturated carbocycles. The van der Waals surface area contributed by atoms with E-state index >= 15 is 0 Å². The van der Waals surface area contributed by atoms with Gasteiger partial charge in [0.05, 0.1) is 0 Å². The van der Waals surface area contributed by atoms with Crippen molar-refractivity contribution in [3.05, 3.63) is 0 Å². The lowest BCUT2D eigenvalue weighted by molar-refractivity contribution is -0.149. The molecule has 0 spiro atoms. The van der Waals surface area contributed by atoms with E-state index in [1.807, 2.05) is 0 Å². The molecule has 0 heterocycles. The van der Waals surface area contributed by atoms with Gasteiger partial charge in [0, 0.05) is 18.1 Å². The van der Waals surface area contributed by atoms with E-state index in [0.29, 0.717) is 17.3 Å². The number of aliphatic hydroxyl groups is 1. The highest BCUT2D eigenvalue weighted by atomic mass is 16.3. The van der Waals surface area contributed by atoms with Crippen molar-refractivity contribution >= 4 is 0 Å². The lowest BCUT2D eigenvalue weighted by Gasteiger charge is -2.66. The van der Waals surface area contributed by atoms with Gasteiger partial charge in [0.1, 0.15) is 0 Å². The van der Waals surface area contributed by atoms with Gasteiger partial charge in [-0.1, -0.05) is 13.8 Å². The van der Waals surface area contributed by atoms with Crippen molar-refractivity contribution in [3.8, 4) is 0 Å². The fourth-order valence-electron chi connectivity index (χ4n) is 3.62. The first-order valence-corrected chi connectivity index (χ1v) is 5.30. The van der Waals surface area contributed by atoms with Crippen molar-refractivity contribution in [3.63, 3.8) is 0 Å². The molecule has 2 heteroatoms. The van der Waals surface area contributed by atoms with Crippen molar-refractivity contribution in [1.82, 2.24) is 0 Å². The fourth-order valence-corrected chi connectivity index (χ4v) is 3.62. The monoisotopic (exact) mass is 183 g/mol. The first kappa shape index (κ1) is 9.47. The van der Waals surface area contributed by atoms with Crippen LogP contribution < -0.4 is 5.73 Å². The minimum atomic E-state index is -0.146. The van der Waals surface area contributed by atoms with Crippen LogP contribution in [0.15, 0.2) is 0 Å². The van der Waals surface area contributed by atoms with Crippen LogP contribution in [0, 0.1) is 23.2 Å². The second-order valence-corrected chi connectivity index (χ2v) is 5.79. The lowest BCUT2D eigenvalue weighted by Crippen LogP contribution is -2.68.